The maximum absolute atomic E-state index is 5.96. The maximum Gasteiger partial charge on any atom is 0.138 e. The van der Waals surface area contributed by atoms with E-state index in [1.54, 1.807) is 11.3 Å². The average Bonchev–Trinajstić information content (AvgIpc) is 2.87. The highest BCUT2D eigenvalue weighted by atomic mass is 79.9. The van der Waals surface area contributed by atoms with Crippen molar-refractivity contribution in [3.63, 3.8) is 0 Å². The molecule has 0 fully saturated rings. The van der Waals surface area contributed by atoms with E-state index in [9.17, 15) is 0 Å². The minimum absolute atomic E-state index is 0.513. The number of rotatable bonds is 7. The lowest BCUT2D eigenvalue weighted by atomic mass is 10.2. The van der Waals surface area contributed by atoms with Crippen molar-refractivity contribution in [3.8, 4) is 5.75 Å². The number of ether oxygens (including phenoxy) is 1. The Kier molecular flexibility index (Phi) is 6.01. The van der Waals surface area contributed by atoms with Gasteiger partial charge >= 0.3 is 0 Å². The molecule has 0 saturated carbocycles. The molecule has 1 aromatic carbocycles. The fourth-order valence-electron chi connectivity index (χ4n) is 1.93. The summed E-state index contributed by atoms with van der Waals surface area (Å²) in [7, 11) is 1.93. The van der Waals surface area contributed by atoms with Crippen LogP contribution in [-0.2, 0) is 19.6 Å². The van der Waals surface area contributed by atoms with Crippen LogP contribution in [-0.4, -0.2) is 12.0 Å². The second-order valence-electron chi connectivity index (χ2n) is 4.53. The number of hydrogen-bond acceptors (Lipinski definition) is 4. The predicted octanol–water partition coefficient (Wildman–Crippen LogP) is 4.16. The van der Waals surface area contributed by atoms with E-state index in [-0.39, 0.29) is 0 Å². The zero-order chi connectivity index (χ0) is 14.4. The van der Waals surface area contributed by atoms with Gasteiger partial charge in [0.05, 0.1) is 15.2 Å². The van der Waals surface area contributed by atoms with Crippen LogP contribution in [0.1, 0.15) is 29.6 Å². The van der Waals surface area contributed by atoms with Gasteiger partial charge in [0.1, 0.15) is 12.4 Å². The van der Waals surface area contributed by atoms with E-state index in [4.69, 9.17) is 4.74 Å². The van der Waals surface area contributed by atoms with Crippen LogP contribution in [0.3, 0.4) is 0 Å². The first kappa shape index (κ1) is 15.5. The zero-order valence-corrected chi connectivity index (χ0v) is 14.2. The molecule has 20 heavy (non-hydrogen) atoms. The molecule has 1 aromatic heterocycles. The number of halogens is 1. The highest BCUT2D eigenvalue weighted by Crippen LogP contribution is 2.30. The molecule has 2 rings (SSSR count). The third-order valence-corrected chi connectivity index (χ3v) is 4.43. The molecule has 0 bridgehead atoms. The average molecular weight is 355 g/mol. The second-order valence-corrected chi connectivity index (χ2v) is 6.33. The minimum atomic E-state index is 0.513. The molecule has 0 aliphatic carbocycles. The molecule has 108 valence electrons. The summed E-state index contributed by atoms with van der Waals surface area (Å²) in [6.45, 7) is 3.47. The first-order valence-corrected chi connectivity index (χ1v) is 8.40. The summed E-state index contributed by atoms with van der Waals surface area (Å²) in [6.07, 6.45) is 2.18. The third kappa shape index (κ3) is 4.04. The predicted molar refractivity (Wildman–Crippen MR) is 87.3 cm³/mol. The molecule has 0 aliphatic heterocycles. The number of aromatic nitrogens is 1. The standard InChI is InChI=1S/C15H19BrN2OS/c1-3-5-14-18-12(10-20-14)9-19-15-11(8-17-2)6-4-7-13(15)16/h4,6-7,10,17H,3,5,8-9H2,1-2H3. The SMILES string of the molecule is CCCc1nc(COc2c(Br)cccc2CNC)cs1. The molecule has 0 atom stereocenters. The van der Waals surface area contributed by atoms with E-state index < -0.39 is 0 Å². The van der Waals surface area contributed by atoms with Crippen molar-refractivity contribution in [2.75, 3.05) is 7.05 Å². The molecule has 0 unspecified atom stereocenters. The normalized spacial score (nSPS) is 10.8. The van der Waals surface area contributed by atoms with Crippen LogP contribution in [0.2, 0.25) is 0 Å². The Morgan fingerprint density at radius 2 is 2.25 bits per heavy atom. The van der Waals surface area contributed by atoms with Crippen molar-refractivity contribution in [2.24, 2.45) is 0 Å². The zero-order valence-electron chi connectivity index (χ0n) is 11.8. The lowest BCUT2D eigenvalue weighted by molar-refractivity contribution is 0.296. The summed E-state index contributed by atoms with van der Waals surface area (Å²) < 4.78 is 6.94. The van der Waals surface area contributed by atoms with Gasteiger partial charge in [0.15, 0.2) is 0 Å². The first-order chi connectivity index (χ1) is 9.74. The monoisotopic (exact) mass is 354 g/mol. The summed E-state index contributed by atoms with van der Waals surface area (Å²) >= 11 is 5.26. The van der Waals surface area contributed by atoms with E-state index in [2.05, 4.69) is 44.6 Å². The molecular weight excluding hydrogens is 336 g/mol. The molecule has 0 amide bonds. The number of hydrogen-bond donors (Lipinski definition) is 1. The smallest absolute Gasteiger partial charge is 0.138 e. The Bertz CT molecular complexity index is 557. The number of nitrogens with one attached hydrogen (secondary N) is 1. The fourth-order valence-corrected chi connectivity index (χ4v) is 3.34. The van der Waals surface area contributed by atoms with Crippen LogP contribution >= 0.6 is 27.3 Å². The number of nitrogens with zero attached hydrogens (tertiary/aromatic N) is 1. The summed E-state index contributed by atoms with van der Waals surface area (Å²) in [5.41, 5.74) is 2.15. The van der Waals surface area contributed by atoms with Crippen LogP contribution in [0, 0.1) is 0 Å². The number of aryl methyl sites for hydroxylation is 1. The first-order valence-electron chi connectivity index (χ1n) is 6.72. The van der Waals surface area contributed by atoms with E-state index >= 15 is 0 Å². The summed E-state index contributed by atoms with van der Waals surface area (Å²) in [5.74, 6) is 0.895. The Hall–Kier alpha value is -0.910. The van der Waals surface area contributed by atoms with Gasteiger partial charge in [-0.2, -0.15) is 0 Å². The van der Waals surface area contributed by atoms with Gasteiger partial charge in [-0.3, -0.25) is 0 Å². The van der Waals surface area contributed by atoms with Crippen LogP contribution < -0.4 is 10.1 Å². The highest BCUT2D eigenvalue weighted by molar-refractivity contribution is 9.10. The Balaban J connectivity index is 2.05. The van der Waals surface area contributed by atoms with E-state index in [0.29, 0.717) is 6.61 Å². The highest BCUT2D eigenvalue weighted by Gasteiger charge is 2.09. The van der Waals surface area contributed by atoms with Gasteiger partial charge < -0.3 is 10.1 Å². The van der Waals surface area contributed by atoms with Gasteiger partial charge in [0, 0.05) is 17.5 Å². The summed E-state index contributed by atoms with van der Waals surface area (Å²) in [6, 6.07) is 6.09. The molecule has 3 nitrogen and oxygen atoms in total. The van der Waals surface area contributed by atoms with Gasteiger partial charge in [-0.15, -0.1) is 11.3 Å². The van der Waals surface area contributed by atoms with Gasteiger partial charge in [-0.05, 0) is 41.9 Å². The van der Waals surface area contributed by atoms with Crippen molar-refractivity contribution >= 4 is 27.3 Å². The summed E-state index contributed by atoms with van der Waals surface area (Å²) in [4.78, 5) is 4.58. The van der Waals surface area contributed by atoms with Crippen LogP contribution in [0.15, 0.2) is 28.1 Å². The molecule has 0 radical (unpaired) electrons. The van der Waals surface area contributed by atoms with E-state index in [0.717, 1.165) is 40.9 Å². The van der Waals surface area contributed by atoms with Crippen LogP contribution in [0.4, 0.5) is 0 Å². The lowest BCUT2D eigenvalue weighted by Crippen LogP contribution is -2.08. The lowest BCUT2D eigenvalue weighted by Gasteiger charge is -2.12. The minimum Gasteiger partial charge on any atom is -0.486 e. The number of benzene rings is 1. The van der Waals surface area contributed by atoms with Crippen molar-refractivity contribution in [3.05, 3.63) is 44.3 Å². The van der Waals surface area contributed by atoms with Crippen LogP contribution in [0.25, 0.3) is 0 Å². The Labute approximate surface area is 132 Å². The van der Waals surface area contributed by atoms with Gasteiger partial charge in [0.2, 0.25) is 0 Å². The Morgan fingerprint density at radius 3 is 3.00 bits per heavy atom. The molecule has 0 aliphatic rings. The van der Waals surface area contributed by atoms with Gasteiger partial charge in [-0.25, -0.2) is 4.98 Å². The fraction of sp³-hybridized carbons (Fsp3) is 0.400. The van der Waals surface area contributed by atoms with E-state index in [1.807, 2.05) is 19.2 Å². The summed E-state index contributed by atoms with van der Waals surface area (Å²) in [5, 5.41) is 6.43. The molecule has 1 N–H and O–H groups in total. The van der Waals surface area contributed by atoms with Gasteiger partial charge in [-0.1, -0.05) is 19.1 Å². The molecule has 1 heterocycles. The topological polar surface area (TPSA) is 34.1 Å². The van der Waals surface area contributed by atoms with Crippen molar-refractivity contribution in [1.82, 2.24) is 10.3 Å². The number of para-hydroxylation sites is 1. The molecule has 5 heteroatoms. The number of thiazole rings is 1. The molecule has 0 spiro atoms. The molecular formula is C15H19BrN2OS. The van der Waals surface area contributed by atoms with Crippen LogP contribution in [0.5, 0.6) is 5.75 Å². The Morgan fingerprint density at radius 1 is 1.40 bits per heavy atom. The van der Waals surface area contributed by atoms with Crippen molar-refractivity contribution in [1.29, 1.82) is 0 Å². The molecule has 0 saturated heterocycles. The van der Waals surface area contributed by atoms with Gasteiger partial charge in [0.25, 0.3) is 0 Å². The van der Waals surface area contributed by atoms with Crippen molar-refractivity contribution < 1.29 is 4.74 Å². The van der Waals surface area contributed by atoms with E-state index in [1.165, 1.54) is 5.01 Å². The largest absolute Gasteiger partial charge is 0.486 e. The second kappa shape index (κ2) is 7.76. The third-order valence-electron chi connectivity index (χ3n) is 2.84. The maximum atomic E-state index is 5.96. The molecule has 2 aromatic rings. The quantitative estimate of drug-likeness (QED) is 0.810. The van der Waals surface area contributed by atoms with Crippen molar-refractivity contribution in [2.45, 2.75) is 32.9 Å².